The van der Waals surface area contributed by atoms with E-state index in [9.17, 15) is 18.8 Å². The van der Waals surface area contributed by atoms with Gasteiger partial charge in [0.25, 0.3) is 11.8 Å². The number of rotatable bonds is 5. The molecule has 4 amide bonds. The second-order valence-electron chi connectivity index (χ2n) is 7.36. The largest absolute Gasteiger partial charge is 0.496 e. The first-order chi connectivity index (χ1) is 16.3. The number of ether oxygens (including phenoxy) is 1. The summed E-state index contributed by atoms with van der Waals surface area (Å²) < 4.78 is 19.6. The average Bonchev–Trinajstić information content (AvgIpc) is 2.80. The molecular weight excluding hydrogens is 482 g/mol. The number of anilines is 1. The highest BCUT2D eigenvalue weighted by Crippen LogP contribution is 2.33. The van der Waals surface area contributed by atoms with Crippen molar-refractivity contribution >= 4 is 52.8 Å². The summed E-state index contributed by atoms with van der Waals surface area (Å²) in [6.07, 6.45) is 1.48. The van der Waals surface area contributed by atoms with Crippen LogP contribution in [0.1, 0.15) is 16.7 Å². The highest BCUT2D eigenvalue weighted by Gasteiger charge is 2.37. The van der Waals surface area contributed by atoms with Gasteiger partial charge in [-0.2, -0.15) is 0 Å². The first-order valence-electron chi connectivity index (χ1n) is 10.1. The van der Waals surface area contributed by atoms with Crippen LogP contribution in [0.5, 0.6) is 5.75 Å². The van der Waals surface area contributed by atoms with E-state index in [0.29, 0.717) is 22.4 Å². The number of hydrogen-bond donors (Lipinski definition) is 1. The zero-order chi connectivity index (χ0) is 24.4. The molecular formula is C25H17Cl2FN2O4. The molecule has 6 nitrogen and oxygen atoms in total. The molecule has 172 valence electrons. The Labute approximate surface area is 204 Å². The van der Waals surface area contributed by atoms with Crippen LogP contribution in [0.25, 0.3) is 6.08 Å². The van der Waals surface area contributed by atoms with Crippen LogP contribution in [0.3, 0.4) is 0 Å². The maximum Gasteiger partial charge on any atom is 0.335 e. The zero-order valence-electron chi connectivity index (χ0n) is 17.8. The number of carbonyl (C=O) groups is 3. The van der Waals surface area contributed by atoms with E-state index in [1.54, 1.807) is 36.4 Å². The molecule has 0 saturated carbocycles. The molecule has 1 saturated heterocycles. The van der Waals surface area contributed by atoms with Crippen LogP contribution in [0, 0.1) is 5.82 Å². The Hall–Kier alpha value is -3.68. The van der Waals surface area contributed by atoms with E-state index in [2.05, 4.69) is 5.32 Å². The van der Waals surface area contributed by atoms with Crippen molar-refractivity contribution in [2.45, 2.75) is 6.42 Å². The highest BCUT2D eigenvalue weighted by atomic mass is 35.5. The molecule has 1 fully saturated rings. The zero-order valence-corrected chi connectivity index (χ0v) is 19.3. The van der Waals surface area contributed by atoms with E-state index < -0.39 is 17.8 Å². The Morgan fingerprint density at radius 3 is 2.41 bits per heavy atom. The molecule has 0 radical (unpaired) electrons. The van der Waals surface area contributed by atoms with Crippen molar-refractivity contribution in [3.05, 3.63) is 98.8 Å². The minimum atomic E-state index is -0.906. The first-order valence-corrected chi connectivity index (χ1v) is 10.8. The SMILES string of the molecule is COc1cc(/C=C2\C(=O)NC(=O)N(c3ccccc3Cl)C2=O)cc(Cl)c1Cc1ccccc1F. The van der Waals surface area contributed by atoms with Crippen LogP contribution in [0.4, 0.5) is 14.9 Å². The van der Waals surface area contributed by atoms with Crippen molar-refractivity contribution in [2.75, 3.05) is 12.0 Å². The van der Waals surface area contributed by atoms with Gasteiger partial charge < -0.3 is 4.74 Å². The molecule has 0 aromatic heterocycles. The summed E-state index contributed by atoms with van der Waals surface area (Å²) in [6, 6.07) is 14.8. The Bertz CT molecular complexity index is 1360. The van der Waals surface area contributed by atoms with Gasteiger partial charge in [0, 0.05) is 17.0 Å². The monoisotopic (exact) mass is 498 g/mol. The van der Waals surface area contributed by atoms with Gasteiger partial charge in [-0.25, -0.2) is 14.1 Å². The van der Waals surface area contributed by atoms with Gasteiger partial charge in [0.1, 0.15) is 17.1 Å². The predicted molar refractivity (Wildman–Crippen MR) is 128 cm³/mol. The number of hydrogen-bond acceptors (Lipinski definition) is 4. The molecule has 1 aliphatic heterocycles. The molecule has 3 aromatic rings. The fourth-order valence-corrected chi connectivity index (χ4v) is 4.08. The van der Waals surface area contributed by atoms with E-state index in [0.717, 1.165) is 4.90 Å². The molecule has 0 aliphatic carbocycles. The molecule has 34 heavy (non-hydrogen) atoms. The third kappa shape index (κ3) is 4.53. The van der Waals surface area contributed by atoms with Gasteiger partial charge in [0.2, 0.25) is 0 Å². The first kappa shape index (κ1) is 23.5. The number of nitrogens with zero attached hydrogens (tertiary/aromatic N) is 1. The number of para-hydroxylation sites is 1. The lowest BCUT2D eigenvalue weighted by Crippen LogP contribution is -2.54. The van der Waals surface area contributed by atoms with Crippen molar-refractivity contribution in [1.82, 2.24) is 5.32 Å². The molecule has 0 bridgehead atoms. The van der Waals surface area contributed by atoms with E-state index in [1.165, 1.54) is 37.5 Å². The molecule has 0 atom stereocenters. The van der Waals surface area contributed by atoms with Crippen LogP contribution in [0.2, 0.25) is 10.0 Å². The number of barbiturate groups is 1. The predicted octanol–water partition coefficient (Wildman–Crippen LogP) is 5.40. The summed E-state index contributed by atoms with van der Waals surface area (Å²) >= 11 is 12.6. The third-order valence-corrected chi connectivity index (χ3v) is 5.88. The van der Waals surface area contributed by atoms with E-state index in [-0.39, 0.29) is 33.5 Å². The number of methoxy groups -OCH3 is 1. The number of halogens is 3. The Morgan fingerprint density at radius 2 is 1.71 bits per heavy atom. The lowest BCUT2D eigenvalue weighted by Gasteiger charge is -2.27. The van der Waals surface area contributed by atoms with E-state index in [4.69, 9.17) is 27.9 Å². The summed E-state index contributed by atoms with van der Waals surface area (Å²) in [5.41, 5.74) is 1.21. The van der Waals surface area contributed by atoms with Gasteiger partial charge in [-0.15, -0.1) is 0 Å². The van der Waals surface area contributed by atoms with Crippen molar-refractivity contribution in [3.8, 4) is 5.75 Å². The summed E-state index contributed by atoms with van der Waals surface area (Å²) in [5.74, 6) is -1.72. The molecule has 4 rings (SSSR count). The lowest BCUT2D eigenvalue weighted by molar-refractivity contribution is -0.122. The van der Waals surface area contributed by atoms with Crippen LogP contribution < -0.4 is 15.0 Å². The van der Waals surface area contributed by atoms with Gasteiger partial charge in [-0.3, -0.25) is 14.9 Å². The Morgan fingerprint density at radius 1 is 1.00 bits per heavy atom. The molecule has 3 aromatic carbocycles. The van der Waals surface area contributed by atoms with Crippen molar-refractivity contribution in [2.24, 2.45) is 0 Å². The normalized spacial score (nSPS) is 15.0. The molecule has 0 unspecified atom stereocenters. The number of imide groups is 2. The highest BCUT2D eigenvalue weighted by molar-refractivity contribution is 6.42. The standard InChI is InChI=1S/C25H17Cl2FN2O4/c1-34-22-12-14(11-19(27)16(22)13-15-6-2-4-8-20(15)28)10-17-23(31)29-25(33)30(24(17)32)21-9-5-3-7-18(21)26/h2-12H,13H2,1H3,(H,29,31,33)/b17-10+. The summed E-state index contributed by atoms with van der Waals surface area (Å²) in [7, 11) is 1.43. The Kier molecular flexibility index (Phi) is 6.68. The summed E-state index contributed by atoms with van der Waals surface area (Å²) in [6.45, 7) is 0. The van der Waals surface area contributed by atoms with Crippen LogP contribution in [0.15, 0.2) is 66.2 Å². The fraction of sp³-hybridized carbons (Fsp3) is 0.0800. The average molecular weight is 499 g/mol. The lowest BCUT2D eigenvalue weighted by atomic mass is 10.00. The van der Waals surface area contributed by atoms with Gasteiger partial charge in [-0.1, -0.05) is 53.5 Å². The summed E-state index contributed by atoms with van der Waals surface area (Å²) in [5, 5.41) is 2.57. The van der Waals surface area contributed by atoms with Gasteiger partial charge in [0.05, 0.1) is 17.8 Å². The molecule has 0 spiro atoms. The second kappa shape index (κ2) is 9.67. The van der Waals surface area contributed by atoms with E-state index in [1.807, 2.05) is 0 Å². The molecule has 1 N–H and O–H groups in total. The topological polar surface area (TPSA) is 75.7 Å². The van der Waals surface area contributed by atoms with Crippen molar-refractivity contribution in [3.63, 3.8) is 0 Å². The van der Waals surface area contributed by atoms with Crippen molar-refractivity contribution in [1.29, 1.82) is 0 Å². The quantitative estimate of drug-likeness (QED) is 0.377. The Balaban J connectivity index is 1.73. The number of urea groups is 1. The molecule has 1 aliphatic rings. The number of amides is 4. The maximum absolute atomic E-state index is 14.1. The molecule has 9 heteroatoms. The number of benzene rings is 3. The maximum atomic E-state index is 14.1. The van der Waals surface area contributed by atoms with Crippen LogP contribution in [-0.2, 0) is 16.0 Å². The molecule has 1 heterocycles. The number of nitrogens with one attached hydrogen (secondary N) is 1. The number of carbonyl (C=O) groups excluding carboxylic acids is 3. The minimum Gasteiger partial charge on any atom is -0.496 e. The van der Waals surface area contributed by atoms with Gasteiger partial charge in [0.15, 0.2) is 0 Å². The minimum absolute atomic E-state index is 0.140. The van der Waals surface area contributed by atoms with Crippen molar-refractivity contribution < 1.29 is 23.5 Å². The van der Waals surface area contributed by atoms with Crippen LogP contribution >= 0.6 is 23.2 Å². The van der Waals surface area contributed by atoms with Gasteiger partial charge >= 0.3 is 6.03 Å². The summed E-state index contributed by atoms with van der Waals surface area (Å²) in [4.78, 5) is 38.8. The van der Waals surface area contributed by atoms with E-state index >= 15 is 0 Å². The van der Waals surface area contributed by atoms with Gasteiger partial charge in [-0.05, 0) is 47.5 Å². The third-order valence-electron chi connectivity index (χ3n) is 5.23. The smallest absolute Gasteiger partial charge is 0.335 e. The second-order valence-corrected chi connectivity index (χ2v) is 8.18. The fourth-order valence-electron chi connectivity index (χ4n) is 3.58. The van der Waals surface area contributed by atoms with Crippen LogP contribution in [-0.4, -0.2) is 25.0 Å².